The highest BCUT2D eigenvalue weighted by molar-refractivity contribution is 4.71. The minimum atomic E-state index is -0.336. The average Bonchev–Trinajstić information content (AvgIpc) is 1.99. The maximum absolute atomic E-state index is 9.28. The van der Waals surface area contributed by atoms with E-state index < -0.39 is 0 Å². The molecule has 0 rings (SSSR count). The Morgan fingerprint density at radius 3 is 2.40 bits per heavy atom. The van der Waals surface area contributed by atoms with Crippen molar-refractivity contribution < 1.29 is 10.2 Å². The van der Waals surface area contributed by atoms with E-state index in [0.29, 0.717) is 6.42 Å². The second kappa shape index (κ2) is 5.65. The highest BCUT2D eigenvalue weighted by Crippen LogP contribution is 2.01. The molecule has 0 saturated carbocycles. The van der Waals surface area contributed by atoms with Gasteiger partial charge >= 0.3 is 0 Å². The summed E-state index contributed by atoms with van der Waals surface area (Å²) in [5.74, 6) is 0. The van der Waals surface area contributed by atoms with Gasteiger partial charge in [-0.25, -0.2) is 0 Å². The number of aliphatic hydroxyl groups is 2. The molecule has 0 bridgehead atoms. The molecule has 0 amide bonds. The van der Waals surface area contributed by atoms with E-state index in [-0.39, 0.29) is 18.8 Å². The van der Waals surface area contributed by atoms with Crippen molar-refractivity contribution in [3.63, 3.8) is 0 Å². The van der Waals surface area contributed by atoms with Crippen LogP contribution in [0.3, 0.4) is 0 Å². The Kier molecular flexibility index (Phi) is 5.58. The van der Waals surface area contributed by atoms with Crippen molar-refractivity contribution in [3.05, 3.63) is 0 Å². The fraction of sp³-hybridized carbons (Fsp3) is 1.00. The quantitative estimate of drug-likeness (QED) is 0.501. The molecule has 0 saturated heterocycles. The fourth-order valence-electron chi connectivity index (χ4n) is 0.953. The molecule has 0 spiro atoms. The van der Waals surface area contributed by atoms with Gasteiger partial charge in [-0.3, -0.25) is 0 Å². The molecule has 0 aliphatic heterocycles. The number of hydrogen-bond acceptors (Lipinski definition) is 3. The van der Waals surface area contributed by atoms with Gasteiger partial charge in [-0.1, -0.05) is 6.92 Å². The Morgan fingerprint density at radius 2 is 2.10 bits per heavy atom. The van der Waals surface area contributed by atoms with Gasteiger partial charge in [0.05, 0.1) is 6.10 Å². The lowest BCUT2D eigenvalue weighted by Crippen LogP contribution is -2.37. The lowest BCUT2D eigenvalue weighted by molar-refractivity contribution is 0.110. The van der Waals surface area contributed by atoms with Crippen LogP contribution in [0.2, 0.25) is 0 Å². The van der Waals surface area contributed by atoms with Gasteiger partial charge in [-0.15, -0.1) is 0 Å². The highest BCUT2D eigenvalue weighted by Gasteiger charge is 2.13. The molecule has 0 aromatic heterocycles. The van der Waals surface area contributed by atoms with E-state index in [4.69, 9.17) is 5.11 Å². The van der Waals surface area contributed by atoms with Crippen LogP contribution in [0.4, 0.5) is 0 Å². The summed E-state index contributed by atoms with van der Waals surface area (Å²) in [7, 11) is 1.79. The molecule has 0 aliphatic carbocycles. The van der Waals surface area contributed by atoms with Crippen LogP contribution < -0.4 is 5.32 Å². The Morgan fingerprint density at radius 1 is 1.50 bits per heavy atom. The minimum absolute atomic E-state index is 0.0370. The molecule has 10 heavy (non-hydrogen) atoms. The summed E-state index contributed by atoms with van der Waals surface area (Å²) in [6, 6.07) is 0.0370. The third-order valence-electron chi connectivity index (χ3n) is 1.69. The minimum Gasteiger partial charge on any atom is -0.396 e. The molecule has 0 radical (unpaired) electrons. The van der Waals surface area contributed by atoms with E-state index in [1.54, 1.807) is 7.05 Å². The summed E-state index contributed by atoms with van der Waals surface area (Å²) in [5.41, 5.74) is 0. The Labute approximate surface area is 62.1 Å². The van der Waals surface area contributed by atoms with Crippen molar-refractivity contribution in [1.82, 2.24) is 5.32 Å². The van der Waals surface area contributed by atoms with Crippen LogP contribution in [0.5, 0.6) is 0 Å². The molecule has 0 heterocycles. The van der Waals surface area contributed by atoms with E-state index in [0.717, 1.165) is 6.42 Å². The van der Waals surface area contributed by atoms with E-state index in [9.17, 15) is 5.11 Å². The summed E-state index contributed by atoms with van der Waals surface area (Å²) in [5, 5.41) is 20.8. The molecule has 3 nitrogen and oxygen atoms in total. The molecule has 0 unspecified atom stereocenters. The molecule has 3 heteroatoms. The first-order chi connectivity index (χ1) is 4.76. The van der Waals surface area contributed by atoms with E-state index >= 15 is 0 Å². The van der Waals surface area contributed by atoms with Gasteiger partial charge in [-0.05, 0) is 19.9 Å². The zero-order valence-corrected chi connectivity index (χ0v) is 6.67. The summed E-state index contributed by atoms with van der Waals surface area (Å²) in [6.07, 6.45) is 1.01. The Balaban J connectivity index is 3.56. The molecular formula is C7H17NO2. The number of hydrogen-bond donors (Lipinski definition) is 3. The fourth-order valence-corrected chi connectivity index (χ4v) is 0.953. The monoisotopic (exact) mass is 147 g/mol. The highest BCUT2D eigenvalue weighted by atomic mass is 16.3. The van der Waals surface area contributed by atoms with Gasteiger partial charge in [-0.2, -0.15) is 0 Å². The van der Waals surface area contributed by atoms with Crippen molar-refractivity contribution in [1.29, 1.82) is 0 Å². The SMILES string of the molecule is CC[C@@H](O)[C@H](CCO)NC. The molecule has 2 atom stereocenters. The Bertz CT molecular complexity index is 78.0. The topological polar surface area (TPSA) is 52.5 Å². The Hall–Kier alpha value is -0.120. The number of aliphatic hydroxyl groups excluding tert-OH is 2. The summed E-state index contributed by atoms with van der Waals surface area (Å²) in [4.78, 5) is 0. The van der Waals surface area contributed by atoms with Gasteiger partial charge in [0.15, 0.2) is 0 Å². The molecular weight excluding hydrogens is 130 g/mol. The molecule has 62 valence electrons. The molecule has 0 fully saturated rings. The zero-order valence-electron chi connectivity index (χ0n) is 6.67. The van der Waals surface area contributed by atoms with E-state index in [1.165, 1.54) is 0 Å². The summed E-state index contributed by atoms with van der Waals surface area (Å²) in [6.45, 7) is 2.05. The third kappa shape index (κ3) is 3.15. The first kappa shape index (κ1) is 9.88. The maximum Gasteiger partial charge on any atom is 0.0691 e. The van der Waals surface area contributed by atoms with Crippen LogP contribution in [0, 0.1) is 0 Å². The largest absolute Gasteiger partial charge is 0.396 e. The zero-order chi connectivity index (χ0) is 7.98. The second-order valence-corrected chi connectivity index (χ2v) is 2.38. The first-order valence-corrected chi connectivity index (χ1v) is 3.72. The van der Waals surface area contributed by atoms with Crippen LogP contribution in [0.15, 0.2) is 0 Å². The van der Waals surface area contributed by atoms with Crippen LogP contribution in [0.25, 0.3) is 0 Å². The van der Waals surface area contributed by atoms with Crippen molar-refractivity contribution in [2.45, 2.75) is 31.9 Å². The lowest BCUT2D eigenvalue weighted by atomic mass is 10.1. The van der Waals surface area contributed by atoms with Gasteiger partial charge in [0.2, 0.25) is 0 Å². The number of likely N-dealkylation sites (N-methyl/N-ethyl adjacent to an activating group) is 1. The van der Waals surface area contributed by atoms with Crippen molar-refractivity contribution in [2.75, 3.05) is 13.7 Å². The van der Waals surface area contributed by atoms with Crippen LogP contribution in [-0.4, -0.2) is 36.0 Å². The van der Waals surface area contributed by atoms with Crippen molar-refractivity contribution in [2.24, 2.45) is 0 Å². The normalized spacial score (nSPS) is 16.8. The van der Waals surface area contributed by atoms with E-state index in [2.05, 4.69) is 5.32 Å². The molecule has 3 N–H and O–H groups in total. The van der Waals surface area contributed by atoms with Gasteiger partial charge < -0.3 is 15.5 Å². The predicted octanol–water partition coefficient (Wildman–Crippen LogP) is -0.272. The van der Waals surface area contributed by atoms with Crippen molar-refractivity contribution >= 4 is 0 Å². The molecule has 0 aliphatic rings. The standard InChI is InChI=1S/C7H17NO2/c1-3-7(10)6(8-2)4-5-9/h6-10H,3-5H2,1-2H3/t6-,7+/m0/s1. The molecule has 0 aromatic carbocycles. The average molecular weight is 147 g/mol. The predicted molar refractivity (Wildman–Crippen MR) is 40.8 cm³/mol. The molecule has 0 aromatic rings. The van der Waals surface area contributed by atoms with E-state index in [1.807, 2.05) is 6.92 Å². The van der Waals surface area contributed by atoms with Crippen molar-refractivity contribution in [3.8, 4) is 0 Å². The van der Waals surface area contributed by atoms with Gasteiger partial charge in [0.25, 0.3) is 0 Å². The van der Waals surface area contributed by atoms with Crippen LogP contribution >= 0.6 is 0 Å². The number of rotatable bonds is 5. The third-order valence-corrected chi connectivity index (χ3v) is 1.69. The van der Waals surface area contributed by atoms with Gasteiger partial charge in [0.1, 0.15) is 0 Å². The van der Waals surface area contributed by atoms with Crippen LogP contribution in [0.1, 0.15) is 19.8 Å². The van der Waals surface area contributed by atoms with Crippen LogP contribution in [-0.2, 0) is 0 Å². The van der Waals surface area contributed by atoms with Gasteiger partial charge in [0, 0.05) is 12.6 Å². The summed E-state index contributed by atoms with van der Waals surface area (Å²) >= 11 is 0. The second-order valence-electron chi connectivity index (χ2n) is 2.38. The smallest absolute Gasteiger partial charge is 0.0691 e. The maximum atomic E-state index is 9.28. The first-order valence-electron chi connectivity index (χ1n) is 3.72. The summed E-state index contributed by atoms with van der Waals surface area (Å²) < 4.78 is 0. The lowest BCUT2D eigenvalue weighted by Gasteiger charge is -2.19. The number of nitrogens with one attached hydrogen (secondary N) is 1.